The van der Waals surface area contributed by atoms with E-state index in [9.17, 15) is 4.79 Å². The molecular formula is C14H25N3O2. The van der Waals surface area contributed by atoms with Gasteiger partial charge in [0.05, 0.1) is 0 Å². The monoisotopic (exact) mass is 267 g/mol. The third-order valence-corrected chi connectivity index (χ3v) is 3.09. The summed E-state index contributed by atoms with van der Waals surface area (Å²) in [5.74, 6) is 1.41. The lowest BCUT2D eigenvalue weighted by Gasteiger charge is -2.31. The summed E-state index contributed by atoms with van der Waals surface area (Å²) >= 11 is 0. The Balaban J connectivity index is 2.99. The van der Waals surface area contributed by atoms with Gasteiger partial charge in [-0.05, 0) is 11.8 Å². The van der Waals surface area contributed by atoms with Gasteiger partial charge in [0.25, 0.3) is 5.56 Å². The summed E-state index contributed by atoms with van der Waals surface area (Å²) in [6.45, 7) is 10.4. The Bertz CT molecular complexity index is 460. The van der Waals surface area contributed by atoms with Gasteiger partial charge in [-0.2, -0.15) is 0 Å². The number of hydrogen-bond acceptors (Lipinski definition) is 4. The minimum atomic E-state index is -0.155. The Morgan fingerprint density at radius 2 is 2.05 bits per heavy atom. The van der Waals surface area contributed by atoms with E-state index >= 15 is 0 Å². The van der Waals surface area contributed by atoms with Crippen LogP contribution in [0, 0.1) is 5.41 Å². The Morgan fingerprint density at radius 3 is 2.53 bits per heavy atom. The maximum Gasteiger partial charge on any atom is 0.252 e. The number of aromatic nitrogens is 2. The van der Waals surface area contributed by atoms with Crippen molar-refractivity contribution in [3.63, 3.8) is 0 Å². The summed E-state index contributed by atoms with van der Waals surface area (Å²) in [6.07, 6.45) is 0.620. The Morgan fingerprint density at radius 1 is 1.42 bits per heavy atom. The molecule has 1 unspecified atom stereocenters. The van der Waals surface area contributed by atoms with Gasteiger partial charge in [0.1, 0.15) is 11.6 Å². The van der Waals surface area contributed by atoms with Crippen molar-refractivity contribution in [2.45, 2.75) is 53.0 Å². The van der Waals surface area contributed by atoms with Gasteiger partial charge in [-0.25, -0.2) is 4.98 Å². The fraction of sp³-hybridized carbons (Fsp3) is 0.714. The number of hydrogen-bond donors (Lipinski definition) is 3. The zero-order chi connectivity index (χ0) is 14.6. The van der Waals surface area contributed by atoms with Crippen LogP contribution in [0.2, 0.25) is 0 Å². The van der Waals surface area contributed by atoms with E-state index in [1.807, 2.05) is 13.8 Å². The van der Waals surface area contributed by atoms with Gasteiger partial charge in [-0.1, -0.05) is 34.6 Å². The smallest absolute Gasteiger partial charge is 0.252 e. The SMILES string of the molecule is CC(C)c1nc(NC(CCO)C(C)(C)C)cc(=O)[nH]1. The third kappa shape index (κ3) is 4.67. The number of nitrogens with one attached hydrogen (secondary N) is 2. The van der Waals surface area contributed by atoms with E-state index in [2.05, 4.69) is 36.1 Å². The number of H-pyrrole nitrogens is 1. The molecule has 0 aliphatic heterocycles. The minimum absolute atomic E-state index is 0.0228. The molecule has 1 aromatic rings. The Labute approximate surface area is 114 Å². The average Bonchev–Trinajstić information content (AvgIpc) is 2.26. The average molecular weight is 267 g/mol. The highest BCUT2D eigenvalue weighted by molar-refractivity contribution is 5.35. The normalized spacial score (nSPS) is 13.6. The van der Waals surface area contributed by atoms with Crippen LogP contribution in [0.5, 0.6) is 0 Å². The van der Waals surface area contributed by atoms with Gasteiger partial charge in [0, 0.05) is 24.6 Å². The molecule has 0 spiro atoms. The van der Waals surface area contributed by atoms with Crippen LogP contribution in [-0.2, 0) is 0 Å². The van der Waals surface area contributed by atoms with Gasteiger partial charge in [0.15, 0.2) is 0 Å². The van der Waals surface area contributed by atoms with E-state index in [4.69, 9.17) is 5.11 Å². The van der Waals surface area contributed by atoms with Crippen LogP contribution in [0.4, 0.5) is 5.82 Å². The van der Waals surface area contributed by atoms with E-state index in [0.717, 1.165) is 0 Å². The van der Waals surface area contributed by atoms with Crippen molar-refractivity contribution in [1.82, 2.24) is 9.97 Å². The van der Waals surface area contributed by atoms with Crippen molar-refractivity contribution in [1.29, 1.82) is 0 Å². The van der Waals surface area contributed by atoms with Crippen LogP contribution in [0.25, 0.3) is 0 Å². The molecule has 3 N–H and O–H groups in total. The molecule has 1 heterocycles. The van der Waals surface area contributed by atoms with Crippen molar-refractivity contribution >= 4 is 5.82 Å². The molecule has 5 nitrogen and oxygen atoms in total. The topological polar surface area (TPSA) is 78.0 Å². The summed E-state index contributed by atoms with van der Waals surface area (Å²) in [6, 6.07) is 1.52. The maximum absolute atomic E-state index is 11.6. The molecule has 19 heavy (non-hydrogen) atoms. The molecule has 1 aromatic heterocycles. The number of rotatable bonds is 5. The van der Waals surface area contributed by atoms with Crippen molar-refractivity contribution in [3.05, 3.63) is 22.2 Å². The first-order valence-electron chi connectivity index (χ1n) is 6.72. The zero-order valence-electron chi connectivity index (χ0n) is 12.4. The number of aliphatic hydroxyl groups is 1. The highest BCUT2D eigenvalue weighted by Crippen LogP contribution is 2.24. The van der Waals surface area contributed by atoms with Crippen molar-refractivity contribution < 1.29 is 5.11 Å². The van der Waals surface area contributed by atoms with E-state index in [0.29, 0.717) is 18.1 Å². The highest BCUT2D eigenvalue weighted by Gasteiger charge is 2.24. The molecule has 1 rings (SSSR count). The first kappa shape index (κ1) is 15.7. The largest absolute Gasteiger partial charge is 0.396 e. The summed E-state index contributed by atoms with van der Waals surface area (Å²) in [7, 11) is 0. The van der Waals surface area contributed by atoms with Gasteiger partial charge in [-0.3, -0.25) is 4.79 Å². The second-order valence-electron chi connectivity index (χ2n) is 6.25. The van der Waals surface area contributed by atoms with E-state index in [1.165, 1.54) is 6.07 Å². The first-order chi connectivity index (χ1) is 8.74. The van der Waals surface area contributed by atoms with E-state index in [-0.39, 0.29) is 29.5 Å². The quantitative estimate of drug-likeness (QED) is 0.763. The summed E-state index contributed by atoms with van der Waals surface area (Å²) in [4.78, 5) is 18.8. The van der Waals surface area contributed by atoms with E-state index < -0.39 is 0 Å². The first-order valence-corrected chi connectivity index (χ1v) is 6.72. The van der Waals surface area contributed by atoms with Crippen molar-refractivity contribution in [2.75, 3.05) is 11.9 Å². The predicted octanol–water partition coefficient (Wildman–Crippen LogP) is 2.10. The van der Waals surface area contributed by atoms with Gasteiger partial charge >= 0.3 is 0 Å². The summed E-state index contributed by atoms with van der Waals surface area (Å²) in [5, 5.41) is 12.4. The third-order valence-electron chi connectivity index (χ3n) is 3.09. The number of aliphatic hydroxyl groups excluding tert-OH is 1. The predicted molar refractivity (Wildman–Crippen MR) is 77.5 cm³/mol. The fourth-order valence-electron chi connectivity index (χ4n) is 1.85. The van der Waals surface area contributed by atoms with Crippen LogP contribution in [-0.4, -0.2) is 27.7 Å². The van der Waals surface area contributed by atoms with Crippen LogP contribution in [0.1, 0.15) is 52.8 Å². The van der Waals surface area contributed by atoms with E-state index in [1.54, 1.807) is 0 Å². The van der Waals surface area contributed by atoms with Crippen molar-refractivity contribution in [2.24, 2.45) is 5.41 Å². The molecule has 0 aliphatic rings. The Hall–Kier alpha value is -1.36. The summed E-state index contributed by atoms with van der Waals surface area (Å²) < 4.78 is 0. The lowest BCUT2D eigenvalue weighted by Crippen LogP contribution is -2.35. The second kappa shape index (κ2) is 6.19. The van der Waals surface area contributed by atoms with Gasteiger partial charge in [-0.15, -0.1) is 0 Å². The molecule has 0 fully saturated rings. The molecule has 108 valence electrons. The molecule has 0 amide bonds. The van der Waals surface area contributed by atoms with Crippen LogP contribution in [0.15, 0.2) is 10.9 Å². The van der Waals surface area contributed by atoms with Crippen LogP contribution < -0.4 is 10.9 Å². The van der Waals surface area contributed by atoms with Gasteiger partial charge in [0.2, 0.25) is 0 Å². The fourth-order valence-corrected chi connectivity index (χ4v) is 1.85. The molecule has 0 bridgehead atoms. The molecule has 5 heteroatoms. The van der Waals surface area contributed by atoms with Crippen LogP contribution in [0.3, 0.4) is 0 Å². The van der Waals surface area contributed by atoms with Crippen molar-refractivity contribution in [3.8, 4) is 0 Å². The maximum atomic E-state index is 11.6. The molecule has 0 aliphatic carbocycles. The number of nitrogens with zero attached hydrogens (tertiary/aromatic N) is 1. The second-order valence-corrected chi connectivity index (χ2v) is 6.25. The minimum Gasteiger partial charge on any atom is -0.396 e. The lowest BCUT2D eigenvalue weighted by molar-refractivity contribution is 0.235. The molecule has 0 saturated carbocycles. The molecule has 0 aromatic carbocycles. The van der Waals surface area contributed by atoms with Gasteiger partial charge < -0.3 is 15.4 Å². The number of anilines is 1. The van der Waals surface area contributed by atoms with Crippen LogP contribution >= 0.6 is 0 Å². The highest BCUT2D eigenvalue weighted by atomic mass is 16.3. The molecule has 1 atom stereocenters. The molecule has 0 radical (unpaired) electrons. The number of aromatic amines is 1. The Kier molecular flexibility index (Phi) is 5.11. The molecule has 0 saturated heterocycles. The summed E-state index contributed by atoms with van der Waals surface area (Å²) in [5.41, 5.74) is -0.178. The molecular weight excluding hydrogens is 242 g/mol. The standard InChI is InChI=1S/C14H25N3O2/c1-9(2)13-16-11(8-12(19)17-13)15-10(6-7-18)14(3,4)5/h8-10,18H,6-7H2,1-5H3,(H2,15,16,17,19). The lowest BCUT2D eigenvalue weighted by atomic mass is 9.85. The zero-order valence-corrected chi connectivity index (χ0v) is 12.4.